The number of aromatic nitrogens is 2. The first kappa shape index (κ1) is 18.2. The summed E-state index contributed by atoms with van der Waals surface area (Å²) in [5.74, 6) is 0.511. The number of benzene rings is 1. The van der Waals surface area contributed by atoms with Gasteiger partial charge in [0, 0.05) is 37.1 Å². The molecule has 1 fully saturated rings. The summed E-state index contributed by atoms with van der Waals surface area (Å²) in [5.41, 5.74) is 1.36. The maximum absolute atomic E-state index is 12.9. The van der Waals surface area contributed by atoms with Gasteiger partial charge in [-0.3, -0.25) is 14.2 Å². The van der Waals surface area contributed by atoms with Gasteiger partial charge in [-0.2, -0.15) is 0 Å². The number of rotatable bonds is 5. The Kier molecular flexibility index (Phi) is 5.71. The van der Waals surface area contributed by atoms with E-state index in [9.17, 15) is 9.59 Å². The third kappa shape index (κ3) is 3.95. The van der Waals surface area contributed by atoms with Crippen LogP contribution in [-0.2, 0) is 11.3 Å². The lowest BCUT2D eigenvalue weighted by Crippen LogP contribution is -2.41. The van der Waals surface area contributed by atoms with Crippen molar-refractivity contribution < 1.29 is 4.79 Å². The number of aryl methyl sites for hydroxylation is 1. The van der Waals surface area contributed by atoms with Gasteiger partial charge in [-0.15, -0.1) is 0 Å². The van der Waals surface area contributed by atoms with Crippen molar-refractivity contribution in [3.05, 3.63) is 52.4 Å². The smallest absolute Gasteiger partial charge is 0.255 e. The average Bonchev–Trinajstić information content (AvgIpc) is 2.66. The minimum atomic E-state index is -0.171. The van der Waals surface area contributed by atoms with E-state index < -0.39 is 0 Å². The van der Waals surface area contributed by atoms with E-state index in [1.165, 1.54) is 17.1 Å². The van der Waals surface area contributed by atoms with E-state index in [2.05, 4.69) is 9.88 Å². The average molecular weight is 354 g/mol. The molecule has 0 bridgehead atoms. The van der Waals surface area contributed by atoms with Crippen LogP contribution in [0.25, 0.3) is 0 Å². The molecule has 26 heavy (non-hydrogen) atoms. The monoisotopic (exact) mass is 354 g/mol. The quantitative estimate of drug-likeness (QED) is 0.828. The molecule has 2 aromatic rings. The summed E-state index contributed by atoms with van der Waals surface area (Å²) in [5, 5.41) is 0. The van der Waals surface area contributed by atoms with Gasteiger partial charge < -0.3 is 9.80 Å². The molecule has 1 saturated heterocycles. The van der Waals surface area contributed by atoms with Gasteiger partial charge in [0.15, 0.2) is 0 Å². The largest absolute Gasteiger partial charge is 0.342 e. The number of hydrogen-bond acceptors (Lipinski definition) is 4. The number of nitrogens with zero attached hydrogens (tertiary/aromatic N) is 4. The van der Waals surface area contributed by atoms with Gasteiger partial charge in [0.1, 0.15) is 6.54 Å². The Bertz CT molecular complexity index is 810. The van der Waals surface area contributed by atoms with E-state index in [4.69, 9.17) is 0 Å². The molecular weight excluding hydrogens is 328 g/mol. The summed E-state index contributed by atoms with van der Waals surface area (Å²) < 4.78 is 1.52. The molecular formula is C20H26N4O2. The first-order valence-electron chi connectivity index (χ1n) is 9.29. The zero-order valence-corrected chi connectivity index (χ0v) is 15.5. The highest BCUT2D eigenvalue weighted by molar-refractivity contribution is 5.93. The van der Waals surface area contributed by atoms with Crippen LogP contribution in [0, 0.1) is 6.92 Å². The van der Waals surface area contributed by atoms with Crippen molar-refractivity contribution in [3.8, 4) is 0 Å². The molecule has 0 saturated carbocycles. The van der Waals surface area contributed by atoms with Crippen molar-refractivity contribution >= 4 is 17.5 Å². The molecule has 1 aliphatic heterocycles. The predicted octanol–water partition coefficient (Wildman–Crippen LogP) is 2.60. The number of anilines is 2. The number of amides is 1. The summed E-state index contributed by atoms with van der Waals surface area (Å²) in [6, 6.07) is 11.0. The molecule has 6 nitrogen and oxygen atoms in total. The number of piperidine rings is 1. The highest BCUT2D eigenvalue weighted by atomic mass is 16.2. The fraction of sp³-hybridized carbons (Fsp3) is 0.450. The van der Waals surface area contributed by atoms with Crippen LogP contribution in [0.15, 0.2) is 41.2 Å². The summed E-state index contributed by atoms with van der Waals surface area (Å²) in [6.07, 6.45) is 3.37. The number of carbonyl (C=O) groups is 1. The van der Waals surface area contributed by atoms with Crippen LogP contribution in [0.2, 0.25) is 0 Å². The summed E-state index contributed by atoms with van der Waals surface area (Å²) in [7, 11) is 0. The van der Waals surface area contributed by atoms with Gasteiger partial charge in [0.05, 0.1) is 0 Å². The standard InChI is InChI=1S/C20H26N4O2/c1-3-23(17-10-6-4-7-11-17)19(26)15-24-18(25)14-16(2)21-20(24)22-12-8-5-9-13-22/h4,6-7,10-11,14H,3,5,8-9,12-13,15H2,1-2H3. The van der Waals surface area contributed by atoms with E-state index in [0.717, 1.165) is 31.6 Å². The minimum absolute atomic E-state index is 0.000676. The third-order valence-corrected chi connectivity index (χ3v) is 4.73. The Morgan fingerprint density at radius 2 is 1.85 bits per heavy atom. The number of hydrogen-bond donors (Lipinski definition) is 0. The lowest BCUT2D eigenvalue weighted by molar-refractivity contribution is -0.119. The van der Waals surface area contributed by atoms with Crippen LogP contribution in [0.1, 0.15) is 31.9 Å². The zero-order chi connectivity index (χ0) is 18.5. The second-order valence-corrected chi connectivity index (χ2v) is 6.64. The molecule has 1 aromatic carbocycles. The van der Waals surface area contributed by atoms with Crippen LogP contribution in [0.4, 0.5) is 11.6 Å². The van der Waals surface area contributed by atoms with Crippen LogP contribution < -0.4 is 15.4 Å². The summed E-state index contributed by atoms with van der Waals surface area (Å²) in [4.78, 5) is 34.0. The first-order chi connectivity index (χ1) is 12.6. The van der Waals surface area contributed by atoms with Crippen LogP contribution in [-0.4, -0.2) is 35.1 Å². The Hall–Kier alpha value is -2.63. The van der Waals surface area contributed by atoms with Crippen molar-refractivity contribution in [3.63, 3.8) is 0 Å². The summed E-state index contributed by atoms with van der Waals surface area (Å²) in [6.45, 7) is 6.06. The van der Waals surface area contributed by atoms with Crippen LogP contribution in [0.5, 0.6) is 0 Å². The van der Waals surface area contributed by atoms with Crippen molar-refractivity contribution in [2.45, 2.75) is 39.7 Å². The lowest BCUT2D eigenvalue weighted by atomic mass is 10.1. The molecule has 1 aromatic heterocycles. The van der Waals surface area contributed by atoms with Crippen molar-refractivity contribution in [2.24, 2.45) is 0 Å². The van der Waals surface area contributed by atoms with E-state index in [-0.39, 0.29) is 18.0 Å². The maximum Gasteiger partial charge on any atom is 0.255 e. The first-order valence-corrected chi connectivity index (χ1v) is 9.29. The number of likely N-dealkylation sites (N-methyl/N-ethyl adjacent to an activating group) is 1. The molecule has 138 valence electrons. The van der Waals surface area contributed by atoms with Gasteiger partial charge in [-0.05, 0) is 45.2 Å². The fourth-order valence-electron chi connectivity index (χ4n) is 3.42. The topological polar surface area (TPSA) is 58.4 Å². The second kappa shape index (κ2) is 8.17. The molecule has 3 rings (SSSR count). The zero-order valence-electron chi connectivity index (χ0n) is 15.5. The van der Waals surface area contributed by atoms with Crippen molar-refractivity contribution in [2.75, 3.05) is 29.4 Å². The maximum atomic E-state index is 12.9. The Labute approximate surface area is 154 Å². The molecule has 0 spiro atoms. The third-order valence-electron chi connectivity index (χ3n) is 4.73. The predicted molar refractivity (Wildman–Crippen MR) is 104 cm³/mol. The molecule has 0 aliphatic carbocycles. The van der Waals surface area contributed by atoms with Crippen LogP contribution >= 0.6 is 0 Å². The van der Waals surface area contributed by atoms with Gasteiger partial charge in [0.2, 0.25) is 11.9 Å². The number of carbonyl (C=O) groups excluding carboxylic acids is 1. The Morgan fingerprint density at radius 3 is 2.50 bits per heavy atom. The molecule has 0 radical (unpaired) electrons. The van der Waals surface area contributed by atoms with Gasteiger partial charge in [0.25, 0.3) is 5.56 Å². The van der Waals surface area contributed by atoms with Crippen molar-refractivity contribution in [1.82, 2.24) is 9.55 Å². The molecule has 0 N–H and O–H groups in total. The van der Waals surface area contributed by atoms with Gasteiger partial charge in [-0.1, -0.05) is 18.2 Å². The molecule has 1 aliphatic rings. The molecule has 2 heterocycles. The van der Waals surface area contributed by atoms with Crippen LogP contribution in [0.3, 0.4) is 0 Å². The van der Waals surface area contributed by atoms with Gasteiger partial charge >= 0.3 is 0 Å². The van der Waals surface area contributed by atoms with E-state index in [1.807, 2.05) is 44.2 Å². The number of para-hydroxylation sites is 1. The highest BCUT2D eigenvalue weighted by Gasteiger charge is 2.21. The van der Waals surface area contributed by atoms with E-state index >= 15 is 0 Å². The molecule has 6 heteroatoms. The molecule has 0 atom stereocenters. The minimum Gasteiger partial charge on any atom is -0.342 e. The van der Waals surface area contributed by atoms with Gasteiger partial charge in [-0.25, -0.2) is 4.98 Å². The van der Waals surface area contributed by atoms with E-state index in [1.54, 1.807) is 4.90 Å². The second-order valence-electron chi connectivity index (χ2n) is 6.64. The highest BCUT2D eigenvalue weighted by Crippen LogP contribution is 2.18. The summed E-state index contributed by atoms with van der Waals surface area (Å²) >= 11 is 0. The fourth-order valence-corrected chi connectivity index (χ4v) is 3.42. The Morgan fingerprint density at radius 1 is 1.15 bits per heavy atom. The normalized spacial score (nSPS) is 14.3. The molecule has 0 unspecified atom stereocenters. The van der Waals surface area contributed by atoms with Crippen molar-refractivity contribution in [1.29, 1.82) is 0 Å². The van der Waals surface area contributed by atoms with E-state index in [0.29, 0.717) is 18.2 Å². The lowest BCUT2D eigenvalue weighted by Gasteiger charge is -2.30. The molecule has 1 amide bonds. The SMILES string of the molecule is CCN(C(=O)Cn1c(N2CCCCC2)nc(C)cc1=O)c1ccccc1. The Balaban J connectivity index is 1.91.